The summed E-state index contributed by atoms with van der Waals surface area (Å²) in [5.74, 6) is -1.50. The van der Waals surface area contributed by atoms with Crippen LogP contribution in [0.15, 0.2) is 36.5 Å². The second-order valence-electron chi connectivity index (χ2n) is 7.73. The number of esters is 1. The molecule has 1 aromatic carbocycles. The number of carbonyl (C=O) groups is 2. The van der Waals surface area contributed by atoms with Crippen molar-refractivity contribution in [2.24, 2.45) is 5.92 Å². The number of rotatable bonds is 11. The molecule has 0 bridgehead atoms. The molecule has 0 aliphatic heterocycles. The Morgan fingerprint density at radius 2 is 1.91 bits per heavy atom. The lowest BCUT2D eigenvalue weighted by Gasteiger charge is -2.21. The molecule has 7 nitrogen and oxygen atoms in total. The van der Waals surface area contributed by atoms with Gasteiger partial charge >= 0.3 is 5.97 Å². The molecule has 0 radical (unpaired) electrons. The topological polar surface area (TPSA) is 97.8 Å². The normalized spacial score (nSPS) is 13.2. The molecule has 0 saturated carbocycles. The Morgan fingerprint density at radius 1 is 1.24 bits per heavy atom. The van der Waals surface area contributed by atoms with Gasteiger partial charge in [-0.2, -0.15) is 8.78 Å². The number of amides is 1. The highest BCUT2D eigenvalue weighted by Gasteiger charge is 2.24. The van der Waals surface area contributed by atoms with E-state index >= 15 is 0 Å². The van der Waals surface area contributed by atoms with E-state index in [1.165, 1.54) is 40.7 Å². The smallest absolute Gasteiger partial charge is 0.325 e. The summed E-state index contributed by atoms with van der Waals surface area (Å²) in [6, 6.07) is 7.60. The lowest BCUT2D eigenvalue weighted by atomic mass is 9.91. The van der Waals surface area contributed by atoms with Crippen molar-refractivity contribution in [3.63, 3.8) is 0 Å². The average Bonchev–Trinajstić information content (AvgIpc) is 2.76. The zero-order valence-corrected chi connectivity index (χ0v) is 20.0. The van der Waals surface area contributed by atoms with Crippen molar-refractivity contribution in [3.8, 4) is 11.5 Å². The predicted octanol–water partition coefficient (Wildman–Crippen LogP) is 4.04. The van der Waals surface area contributed by atoms with Crippen LogP contribution in [-0.2, 0) is 21.6 Å². The molecule has 3 atom stereocenters. The maximum Gasteiger partial charge on any atom is 0.325 e. The minimum absolute atomic E-state index is 0.0638. The Morgan fingerprint density at radius 3 is 2.48 bits per heavy atom. The quantitative estimate of drug-likeness (QED) is 0.371. The van der Waals surface area contributed by atoms with Crippen LogP contribution in [0.2, 0.25) is 0 Å². The number of aromatic nitrogens is 1. The van der Waals surface area contributed by atoms with E-state index in [0.717, 1.165) is 12.0 Å². The van der Waals surface area contributed by atoms with Gasteiger partial charge in [0.05, 0.1) is 13.2 Å². The summed E-state index contributed by atoms with van der Waals surface area (Å²) in [6.45, 7) is 3.39. The number of methoxy groups -OCH3 is 1. The Bertz CT molecular complexity index is 951. The van der Waals surface area contributed by atoms with Gasteiger partial charge in [-0.3, -0.25) is 9.59 Å². The molecule has 1 heterocycles. The van der Waals surface area contributed by atoms with Gasteiger partial charge < -0.3 is 19.9 Å². The summed E-state index contributed by atoms with van der Waals surface area (Å²) in [5.41, 5.74) is -2.35. The lowest BCUT2D eigenvalue weighted by molar-refractivity contribution is -0.147. The highest BCUT2D eigenvalue weighted by atomic mass is 31.0. The maximum atomic E-state index is 13.3. The maximum absolute atomic E-state index is 13.3. The van der Waals surface area contributed by atoms with Crippen molar-refractivity contribution < 1.29 is 33.0 Å². The number of ether oxygens (including phenoxy) is 2. The molecule has 0 aliphatic rings. The molecule has 2 N–H and O–H groups in total. The van der Waals surface area contributed by atoms with Crippen molar-refractivity contribution in [3.05, 3.63) is 53.3 Å². The van der Waals surface area contributed by atoms with Crippen LogP contribution >= 0.6 is 9.24 Å². The van der Waals surface area contributed by atoms with Crippen LogP contribution in [0.25, 0.3) is 0 Å². The summed E-state index contributed by atoms with van der Waals surface area (Å²) >= 11 is 0. The summed E-state index contributed by atoms with van der Waals surface area (Å²) in [7, 11) is 2.87. The zero-order chi connectivity index (χ0) is 24.6. The van der Waals surface area contributed by atoms with E-state index in [1.807, 2.05) is 6.92 Å². The number of carbonyl (C=O) groups excluding carboxylic acids is 2. The second kappa shape index (κ2) is 11.9. The van der Waals surface area contributed by atoms with Crippen LogP contribution in [-0.4, -0.2) is 41.7 Å². The first-order valence-corrected chi connectivity index (χ1v) is 11.1. The van der Waals surface area contributed by atoms with Gasteiger partial charge in [-0.15, -0.1) is 0 Å². The molecule has 2 rings (SSSR count). The molecule has 1 amide bonds. The van der Waals surface area contributed by atoms with Crippen LogP contribution in [0.3, 0.4) is 0 Å². The molecule has 0 fully saturated rings. The summed E-state index contributed by atoms with van der Waals surface area (Å²) < 4.78 is 37.0. The fraction of sp³-hybridized carbons (Fsp3) is 0.435. The number of nitrogens with zero attached hydrogens (tertiary/aromatic N) is 1. The fourth-order valence-electron chi connectivity index (χ4n) is 3.38. The number of aromatic hydroxyl groups is 1. The Labute approximate surface area is 194 Å². The van der Waals surface area contributed by atoms with Crippen LogP contribution in [0.5, 0.6) is 11.5 Å². The van der Waals surface area contributed by atoms with Gasteiger partial charge in [0, 0.05) is 17.8 Å². The van der Waals surface area contributed by atoms with E-state index in [-0.39, 0.29) is 29.5 Å². The van der Waals surface area contributed by atoms with Crippen molar-refractivity contribution >= 4 is 21.1 Å². The van der Waals surface area contributed by atoms with Crippen molar-refractivity contribution in [2.75, 3.05) is 13.7 Å². The third-order valence-electron chi connectivity index (χ3n) is 5.15. The van der Waals surface area contributed by atoms with Crippen molar-refractivity contribution in [1.82, 2.24) is 10.3 Å². The predicted molar refractivity (Wildman–Crippen MR) is 122 cm³/mol. The van der Waals surface area contributed by atoms with Crippen LogP contribution < -0.4 is 10.1 Å². The third-order valence-corrected chi connectivity index (χ3v) is 5.49. The monoisotopic (exact) mass is 482 g/mol. The number of alkyl halides is 2. The van der Waals surface area contributed by atoms with E-state index in [0.29, 0.717) is 12.8 Å². The largest absolute Gasteiger partial charge is 0.503 e. The molecule has 0 spiro atoms. The second-order valence-corrected chi connectivity index (χ2v) is 8.45. The highest BCUT2D eigenvalue weighted by Crippen LogP contribution is 2.35. The van der Waals surface area contributed by atoms with E-state index < -0.39 is 29.4 Å². The zero-order valence-electron chi connectivity index (χ0n) is 18.8. The van der Waals surface area contributed by atoms with Crippen LogP contribution in [0.1, 0.15) is 48.3 Å². The van der Waals surface area contributed by atoms with Gasteiger partial charge in [-0.05, 0) is 31.2 Å². The van der Waals surface area contributed by atoms with Crippen LogP contribution in [0, 0.1) is 5.92 Å². The number of benzene rings is 1. The number of nitrogens with one attached hydrogen (secondary N) is 1. The standard InChI is InChI=1S/C23H29F2N2O5P/c1-4-15(12-16-5-7-17(8-6-16)23(24,25)33)11-14(2)32-19(28)13-27-22(30)20-21(29)18(31-3)9-10-26-20/h5-10,14-15,29H,4,11-13,33H2,1-3H3,(H,27,30). The number of hydrogen-bond acceptors (Lipinski definition) is 6. The lowest BCUT2D eigenvalue weighted by Crippen LogP contribution is -2.33. The summed E-state index contributed by atoms with van der Waals surface area (Å²) in [5, 5.41) is 12.3. The Kier molecular flexibility index (Phi) is 9.53. The van der Waals surface area contributed by atoms with Gasteiger partial charge in [0.15, 0.2) is 17.2 Å². The molecule has 3 unspecified atom stereocenters. The molecular formula is C23H29F2N2O5P. The molecule has 0 saturated heterocycles. The van der Waals surface area contributed by atoms with Gasteiger partial charge in [0.1, 0.15) is 6.54 Å². The first-order valence-electron chi connectivity index (χ1n) is 10.5. The van der Waals surface area contributed by atoms with E-state index in [9.17, 15) is 23.5 Å². The molecule has 180 valence electrons. The SMILES string of the molecule is CCC(Cc1ccc(C(F)(F)P)cc1)CC(C)OC(=O)CNC(=O)c1nccc(OC)c1O. The van der Waals surface area contributed by atoms with Gasteiger partial charge in [0.2, 0.25) is 0 Å². The summed E-state index contributed by atoms with van der Waals surface area (Å²) in [4.78, 5) is 28.1. The van der Waals surface area contributed by atoms with Gasteiger partial charge in [-0.1, -0.05) is 46.8 Å². The fourth-order valence-corrected chi connectivity index (χ4v) is 3.57. The Balaban J connectivity index is 1.84. The number of halogens is 2. The van der Waals surface area contributed by atoms with E-state index in [1.54, 1.807) is 19.1 Å². The minimum Gasteiger partial charge on any atom is -0.503 e. The molecule has 10 heteroatoms. The molecule has 0 aliphatic carbocycles. The van der Waals surface area contributed by atoms with Crippen molar-refractivity contribution in [2.45, 2.75) is 44.9 Å². The minimum atomic E-state index is -2.96. The van der Waals surface area contributed by atoms with Gasteiger partial charge in [-0.25, -0.2) is 4.98 Å². The first-order chi connectivity index (χ1) is 15.5. The molecular weight excluding hydrogens is 453 g/mol. The van der Waals surface area contributed by atoms with E-state index in [2.05, 4.69) is 10.3 Å². The Hall–Kier alpha value is -2.80. The average molecular weight is 482 g/mol. The molecule has 33 heavy (non-hydrogen) atoms. The highest BCUT2D eigenvalue weighted by molar-refractivity contribution is 7.17. The number of pyridine rings is 1. The van der Waals surface area contributed by atoms with E-state index in [4.69, 9.17) is 9.47 Å². The van der Waals surface area contributed by atoms with Crippen molar-refractivity contribution in [1.29, 1.82) is 0 Å². The van der Waals surface area contributed by atoms with Gasteiger partial charge in [0.25, 0.3) is 11.6 Å². The first kappa shape index (κ1) is 26.5. The summed E-state index contributed by atoms with van der Waals surface area (Å²) in [6.07, 6.45) is 2.97. The number of hydrogen-bond donors (Lipinski definition) is 2. The molecule has 2 aromatic rings. The van der Waals surface area contributed by atoms with Crippen LogP contribution in [0.4, 0.5) is 8.78 Å². The third kappa shape index (κ3) is 7.93. The molecule has 1 aromatic heterocycles.